The van der Waals surface area contributed by atoms with Crippen molar-refractivity contribution in [3.8, 4) is 0 Å². The molecule has 1 aromatic carbocycles. The number of carbonyl (C=O) groups excluding carboxylic acids is 2. The summed E-state index contributed by atoms with van der Waals surface area (Å²) in [7, 11) is 1.20. The van der Waals surface area contributed by atoms with Crippen molar-refractivity contribution in [1.29, 1.82) is 0 Å². The SMILES string of the molecule is CCCNC(=O)CNCc1ccc(C(=O)OC)c(F)c1. The van der Waals surface area contributed by atoms with Crippen molar-refractivity contribution >= 4 is 11.9 Å². The summed E-state index contributed by atoms with van der Waals surface area (Å²) in [5, 5.41) is 5.63. The summed E-state index contributed by atoms with van der Waals surface area (Å²) in [5.74, 6) is -1.44. The number of benzene rings is 1. The van der Waals surface area contributed by atoms with Crippen LogP contribution in [0.25, 0.3) is 0 Å². The van der Waals surface area contributed by atoms with E-state index in [4.69, 9.17) is 0 Å². The molecule has 2 N–H and O–H groups in total. The number of halogens is 1. The summed E-state index contributed by atoms with van der Waals surface area (Å²) >= 11 is 0. The van der Waals surface area contributed by atoms with Crippen molar-refractivity contribution in [2.45, 2.75) is 19.9 Å². The molecule has 0 heterocycles. The van der Waals surface area contributed by atoms with Crippen LogP contribution in [-0.2, 0) is 16.1 Å². The van der Waals surface area contributed by atoms with Crippen LogP contribution in [0.15, 0.2) is 18.2 Å². The predicted molar refractivity (Wildman–Crippen MR) is 72.7 cm³/mol. The number of nitrogens with one attached hydrogen (secondary N) is 2. The molecule has 0 saturated carbocycles. The fourth-order valence-corrected chi connectivity index (χ4v) is 1.59. The molecule has 0 atom stereocenters. The van der Waals surface area contributed by atoms with Crippen LogP contribution < -0.4 is 10.6 Å². The van der Waals surface area contributed by atoms with Crippen LogP contribution in [0.2, 0.25) is 0 Å². The third-order valence-electron chi connectivity index (χ3n) is 2.63. The molecule has 0 spiro atoms. The molecule has 0 fully saturated rings. The number of rotatable bonds is 7. The lowest BCUT2D eigenvalue weighted by atomic mass is 10.1. The third-order valence-corrected chi connectivity index (χ3v) is 2.63. The first-order chi connectivity index (χ1) is 9.58. The Hall–Kier alpha value is -1.95. The van der Waals surface area contributed by atoms with Crippen molar-refractivity contribution in [3.05, 3.63) is 35.1 Å². The zero-order chi connectivity index (χ0) is 15.0. The van der Waals surface area contributed by atoms with Gasteiger partial charge in [0.15, 0.2) is 0 Å². The minimum Gasteiger partial charge on any atom is -0.465 e. The molecular formula is C14H19FN2O3. The highest BCUT2D eigenvalue weighted by Gasteiger charge is 2.12. The fourth-order valence-electron chi connectivity index (χ4n) is 1.59. The van der Waals surface area contributed by atoms with Gasteiger partial charge in [-0.1, -0.05) is 13.0 Å². The highest BCUT2D eigenvalue weighted by atomic mass is 19.1. The molecule has 1 aromatic rings. The molecular weight excluding hydrogens is 263 g/mol. The molecule has 0 aliphatic rings. The molecule has 0 unspecified atom stereocenters. The number of carbonyl (C=O) groups is 2. The van der Waals surface area contributed by atoms with Gasteiger partial charge in [-0.15, -0.1) is 0 Å². The van der Waals surface area contributed by atoms with Crippen molar-refractivity contribution in [2.24, 2.45) is 0 Å². The molecule has 0 aliphatic carbocycles. The maximum Gasteiger partial charge on any atom is 0.340 e. The van der Waals surface area contributed by atoms with Gasteiger partial charge in [-0.2, -0.15) is 0 Å². The quantitative estimate of drug-likeness (QED) is 0.738. The Balaban J connectivity index is 2.47. The minimum absolute atomic E-state index is 0.0986. The van der Waals surface area contributed by atoms with E-state index >= 15 is 0 Å². The normalized spacial score (nSPS) is 10.2. The monoisotopic (exact) mass is 282 g/mol. The van der Waals surface area contributed by atoms with E-state index in [1.807, 2.05) is 6.92 Å². The maximum atomic E-state index is 13.6. The Morgan fingerprint density at radius 1 is 1.35 bits per heavy atom. The minimum atomic E-state index is -0.707. The van der Waals surface area contributed by atoms with E-state index in [1.54, 1.807) is 6.07 Å². The van der Waals surface area contributed by atoms with Gasteiger partial charge in [0, 0.05) is 13.1 Å². The van der Waals surface area contributed by atoms with Gasteiger partial charge in [0.25, 0.3) is 0 Å². The molecule has 5 nitrogen and oxygen atoms in total. The van der Waals surface area contributed by atoms with Gasteiger partial charge in [-0.05, 0) is 24.1 Å². The van der Waals surface area contributed by atoms with Gasteiger partial charge in [0.1, 0.15) is 5.82 Å². The van der Waals surface area contributed by atoms with Crippen LogP contribution in [0.4, 0.5) is 4.39 Å². The van der Waals surface area contributed by atoms with E-state index in [9.17, 15) is 14.0 Å². The summed E-state index contributed by atoms with van der Waals surface area (Å²) in [6.45, 7) is 3.13. The van der Waals surface area contributed by atoms with Crippen LogP contribution in [-0.4, -0.2) is 32.1 Å². The molecule has 0 bridgehead atoms. The van der Waals surface area contributed by atoms with Gasteiger partial charge < -0.3 is 15.4 Å². The summed E-state index contributed by atoms with van der Waals surface area (Å²) in [6, 6.07) is 4.24. The van der Waals surface area contributed by atoms with Crippen LogP contribution in [0.5, 0.6) is 0 Å². The van der Waals surface area contributed by atoms with Gasteiger partial charge in [0.2, 0.25) is 5.91 Å². The lowest BCUT2D eigenvalue weighted by molar-refractivity contribution is -0.120. The molecule has 1 rings (SSSR count). The van der Waals surface area contributed by atoms with E-state index in [1.165, 1.54) is 19.2 Å². The Morgan fingerprint density at radius 3 is 2.70 bits per heavy atom. The molecule has 1 amide bonds. The predicted octanol–water partition coefficient (Wildman–Crippen LogP) is 1.23. The van der Waals surface area contributed by atoms with Gasteiger partial charge in [-0.25, -0.2) is 9.18 Å². The maximum absolute atomic E-state index is 13.6. The first-order valence-corrected chi connectivity index (χ1v) is 6.42. The van der Waals surface area contributed by atoms with Gasteiger partial charge in [-0.3, -0.25) is 4.79 Å². The van der Waals surface area contributed by atoms with Gasteiger partial charge in [0.05, 0.1) is 19.2 Å². The summed E-state index contributed by atoms with van der Waals surface area (Å²) in [4.78, 5) is 22.6. The largest absolute Gasteiger partial charge is 0.465 e. The van der Waals surface area contributed by atoms with Crippen molar-refractivity contribution in [1.82, 2.24) is 10.6 Å². The first-order valence-electron chi connectivity index (χ1n) is 6.42. The number of esters is 1. The van der Waals surface area contributed by atoms with E-state index in [-0.39, 0.29) is 18.0 Å². The Morgan fingerprint density at radius 2 is 2.10 bits per heavy atom. The van der Waals surface area contributed by atoms with E-state index in [2.05, 4.69) is 15.4 Å². The summed E-state index contributed by atoms with van der Waals surface area (Å²) in [5.41, 5.74) is 0.551. The molecule has 0 radical (unpaired) electrons. The van der Waals surface area contributed by atoms with E-state index < -0.39 is 11.8 Å². The second kappa shape index (κ2) is 8.27. The topological polar surface area (TPSA) is 67.4 Å². The van der Waals surface area contributed by atoms with Crippen LogP contribution >= 0.6 is 0 Å². The molecule has 0 aliphatic heterocycles. The Labute approximate surface area is 117 Å². The lowest BCUT2D eigenvalue weighted by Gasteiger charge is -2.07. The number of methoxy groups -OCH3 is 1. The zero-order valence-electron chi connectivity index (χ0n) is 11.7. The third kappa shape index (κ3) is 4.97. The fraction of sp³-hybridized carbons (Fsp3) is 0.429. The zero-order valence-corrected chi connectivity index (χ0v) is 11.7. The van der Waals surface area contributed by atoms with Crippen molar-refractivity contribution in [3.63, 3.8) is 0 Å². The summed E-state index contributed by atoms with van der Waals surface area (Å²) < 4.78 is 18.1. The smallest absolute Gasteiger partial charge is 0.340 e. The van der Waals surface area contributed by atoms with Gasteiger partial charge >= 0.3 is 5.97 Å². The first kappa shape index (κ1) is 16.1. The number of amides is 1. The lowest BCUT2D eigenvalue weighted by Crippen LogP contribution is -2.33. The molecule has 0 saturated heterocycles. The van der Waals surface area contributed by atoms with Crippen LogP contribution in [0, 0.1) is 5.82 Å². The second-order valence-electron chi connectivity index (χ2n) is 4.26. The Kier molecular flexibility index (Phi) is 6.66. The highest BCUT2D eigenvalue weighted by Crippen LogP contribution is 2.11. The molecule has 110 valence electrons. The van der Waals surface area contributed by atoms with Crippen LogP contribution in [0.3, 0.4) is 0 Å². The number of hydrogen-bond acceptors (Lipinski definition) is 4. The second-order valence-corrected chi connectivity index (χ2v) is 4.26. The average Bonchev–Trinajstić information content (AvgIpc) is 2.44. The van der Waals surface area contributed by atoms with Crippen molar-refractivity contribution in [2.75, 3.05) is 20.2 Å². The van der Waals surface area contributed by atoms with E-state index in [0.717, 1.165) is 6.42 Å². The standard InChI is InChI=1S/C14H19FN2O3/c1-3-6-17-13(18)9-16-8-10-4-5-11(12(15)7-10)14(19)20-2/h4-5,7,16H,3,6,8-9H2,1-2H3,(H,17,18). The number of ether oxygens (including phenoxy) is 1. The number of hydrogen-bond donors (Lipinski definition) is 2. The average molecular weight is 282 g/mol. The summed E-state index contributed by atoms with van der Waals surface area (Å²) in [6.07, 6.45) is 0.881. The van der Waals surface area contributed by atoms with Crippen molar-refractivity contribution < 1.29 is 18.7 Å². The van der Waals surface area contributed by atoms with Crippen LogP contribution in [0.1, 0.15) is 29.3 Å². The van der Waals surface area contributed by atoms with E-state index in [0.29, 0.717) is 18.7 Å². The molecule has 0 aromatic heterocycles. The molecule has 6 heteroatoms. The molecule has 20 heavy (non-hydrogen) atoms. The Bertz CT molecular complexity index is 477. The highest BCUT2D eigenvalue weighted by molar-refractivity contribution is 5.89.